The van der Waals surface area contributed by atoms with Crippen LogP contribution >= 0.6 is 0 Å². The minimum absolute atomic E-state index is 0.139. The SMILES string of the molecule is CCC1CCC(CNC)C(c2ccncc2F)C1. The Kier molecular flexibility index (Phi) is 4.70. The van der Waals surface area contributed by atoms with E-state index in [1.54, 1.807) is 6.20 Å². The second kappa shape index (κ2) is 6.28. The summed E-state index contributed by atoms with van der Waals surface area (Å²) in [5.41, 5.74) is 0.864. The molecule has 3 heteroatoms. The van der Waals surface area contributed by atoms with Crippen LogP contribution in [-0.4, -0.2) is 18.6 Å². The van der Waals surface area contributed by atoms with Gasteiger partial charge in [-0.15, -0.1) is 0 Å². The Bertz CT molecular complexity index is 381. The number of rotatable bonds is 4. The molecule has 2 rings (SSSR count). The summed E-state index contributed by atoms with van der Waals surface area (Å²) in [5.74, 6) is 1.50. The van der Waals surface area contributed by atoms with Gasteiger partial charge in [-0.25, -0.2) is 4.39 Å². The van der Waals surface area contributed by atoms with Gasteiger partial charge in [-0.3, -0.25) is 4.98 Å². The molecule has 3 unspecified atom stereocenters. The van der Waals surface area contributed by atoms with Gasteiger partial charge in [-0.05, 0) is 55.8 Å². The molecular formula is C15H23FN2. The van der Waals surface area contributed by atoms with Crippen molar-refractivity contribution >= 4 is 0 Å². The second-order valence-corrected chi connectivity index (χ2v) is 5.41. The Morgan fingerprint density at radius 2 is 2.28 bits per heavy atom. The first-order chi connectivity index (χ1) is 8.76. The van der Waals surface area contributed by atoms with E-state index in [1.165, 1.54) is 25.5 Å². The minimum atomic E-state index is -0.139. The van der Waals surface area contributed by atoms with Crippen LogP contribution in [0.4, 0.5) is 4.39 Å². The number of halogens is 1. The lowest BCUT2D eigenvalue weighted by atomic mass is 9.70. The van der Waals surface area contributed by atoms with E-state index >= 15 is 0 Å². The van der Waals surface area contributed by atoms with Crippen LogP contribution in [0.3, 0.4) is 0 Å². The molecule has 2 nitrogen and oxygen atoms in total. The van der Waals surface area contributed by atoms with Crippen molar-refractivity contribution in [1.29, 1.82) is 0 Å². The lowest BCUT2D eigenvalue weighted by molar-refractivity contribution is 0.225. The van der Waals surface area contributed by atoms with Crippen molar-refractivity contribution in [3.63, 3.8) is 0 Å². The van der Waals surface area contributed by atoms with E-state index in [2.05, 4.69) is 17.2 Å². The van der Waals surface area contributed by atoms with E-state index in [4.69, 9.17) is 0 Å². The highest BCUT2D eigenvalue weighted by Crippen LogP contribution is 2.42. The molecule has 0 saturated heterocycles. The maximum atomic E-state index is 13.9. The van der Waals surface area contributed by atoms with Gasteiger partial charge < -0.3 is 5.32 Å². The Hall–Kier alpha value is -0.960. The van der Waals surface area contributed by atoms with Gasteiger partial charge in [0.1, 0.15) is 5.82 Å². The normalized spacial score (nSPS) is 28.3. The van der Waals surface area contributed by atoms with Crippen LogP contribution in [0.25, 0.3) is 0 Å². The Morgan fingerprint density at radius 3 is 2.94 bits per heavy atom. The van der Waals surface area contributed by atoms with Crippen molar-refractivity contribution in [2.24, 2.45) is 11.8 Å². The molecule has 1 N–H and O–H groups in total. The maximum absolute atomic E-state index is 13.9. The molecule has 0 radical (unpaired) electrons. The zero-order chi connectivity index (χ0) is 13.0. The minimum Gasteiger partial charge on any atom is -0.319 e. The fourth-order valence-corrected chi connectivity index (χ4v) is 3.27. The molecule has 100 valence electrons. The van der Waals surface area contributed by atoms with Crippen molar-refractivity contribution in [2.45, 2.75) is 38.5 Å². The predicted molar refractivity (Wildman–Crippen MR) is 72.0 cm³/mol. The maximum Gasteiger partial charge on any atom is 0.144 e. The molecule has 1 heterocycles. The van der Waals surface area contributed by atoms with Crippen LogP contribution in [-0.2, 0) is 0 Å². The second-order valence-electron chi connectivity index (χ2n) is 5.41. The van der Waals surface area contributed by atoms with E-state index in [0.717, 1.165) is 24.4 Å². The number of hydrogen-bond donors (Lipinski definition) is 1. The third-order valence-electron chi connectivity index (χ3n) is 4.35. The average molecular weight is 250 g/mol. The lowest BCUT2D eigenvalue weighted by Crippen LogP contribution is -2.31. The molecule has 1 aromatic rings. The third kappa shape index (κ3) is 2.89. The summed E-state index contributed by atoms with van der Waals surface area (Å²) in [7, 11) is 1.98. The third-order valence-corrected chi connectivity index (χ3v) is 4.35. The number of aromatic nitrogens is 1. The summed E-state index contributed by atoms with van der Waals surface area (Å²) in [5, 5.41) is 3.25. The van der Waals surface area contributed by atoms with Crippen molar-refractivity contribution in [3.05, 3.63) is 29.8 Å². The summed E-state index contributed by atoms with van der Waals surface area (Å²) >= 11 is 0. The Morgan fingerprint density at radius 1 is 1.44 bits per heavy atom. The fourth-order valence-electron chi connectivity index (χ4n) is 3.27. The molecule has 1 aliphatic rings. The van der Waals surface area contributed by atoms with Crippen molar-refractivity contribution in [3.8, 4) is 0 Å². The van der Waals surface area contributed by atoms with E-state index in [9.17, 15) is 4.39 Å². The molecule has 3 atom stereocenters. The van der Waals surface area contributed by atoms with E-state index in [1.807, 2.05) is 13.1 Å². The predicted octanol–water partition coefficient (Wildman–Crippen LogP) is 3.35. The Labute approximate surface area is 109 Å². The molecule has 1 aromatic heterocycles. The van der Waals surface area contributed by atoms with Crippen LogP contribution in [0, 0.1) is 17.7 Å². The van der Waals surface area contributed by atoms with Gasteiger partial charge in [0, 0.05) is 6.20 Å². The average Bonchev–Trinajstić information content (AvgIpc) is 2.40. The van der Waals surface area contributed by atoms with Crippen LogP contribution < -0.4 is 5.32 Å². The highest BCUT2D eigenvalue weighted by Gasteiger charge is 2.31. The van der Waals surface area contributed by atoms with Crippen LogP contribution in [0.1, 0.15) is 44.1 Å². The summed E-state index contributed by atoms with van der Waals surface area (Å²) < 4.78 is 13.9. The van der Waals surface area contributed by atoms with Crippen molar-refractivity contribution in [1.82, 2.24) is 10.3 Å². The van der Waals surface area contributed by atoms with Gasteiger partial charge in [-0.1, -0.05) is 19.8 Å². The first kappa shape index (κ1) is 13.5. The summed E-state index contributed by atoms with van der Waals surface area (Å²) in [6, 6.07) is 1.86. The summed E-state index contributed by atoms with van der Waals surface area (Å²) in [4.78, 5) is 3.86. The number of nitrogens with one attached hydrogen (secondary N) is 1. The molecule has 0 bridgehead atoms. The molecule has 18 heavy (non-hydrogen) atoms. The van der Waals surface area contributed by atoms with Gasteiger partial charge in [0.25, 0.3) is 0 Å². The molecule has 0 amide bonds. The van der Waals surface area contributed by atoms with Gasteiger partial charge in [0.2, 0.25) is 0 Å². The van der Waals surface area contributed by atoms with Gasteiger partial charge in [0.15, 0.2) is 0 Å². The van der Waals surface area contributed by atoms with Crippen LogP contribution in [0.2, 0.25) is 0 Å². The molecule has 0 spiro atoms. The molecule has 0 aliphatic heterocycles. The monoisotopic (exact) mass is 250 g/mol. The summed E-state index contributed by atoms with van der Waals surface area (Å²) in [6.45, 7) is 3.21. The van der Waals surface area contributed by atoms with E-state index in [0.29, 0.717) is 11.8 Å². The largest absolute Gasteiger partial charge is 0.319 e. The van der Waals surface area contributed by atoms with Crippen molar-refractivity contribution in [2.75, 3.05) is 13.6 Å². The highest BCUT2D eigenvalue weighted by molar-refractivity contribution is 5.20. The molecular weight excluding hydrogens is 227 g/mol. The van der Waals surface area contributed by atoms with E-state index < -0.39 is 0 Å². The summed E-state index contributed by atoms with van der Waals surface area (Å²) in [6.07, 6.45) is 7.86. The van der Waals surface area contributed by atoms with Gasteiger partial charge in [0.05, 0.1) is 6.20 Å². The van der Waals surface area contributed by atoms with Crippen LogP contribution in [0.5, 0.6) is 0 Å². The quantitative estimate of drug-likeness (QED) is 0.886. The van der Waals surface area contributed by atoms with E-state index in [-0.39, 0.29) is 5.82 Å². The lowest BCUT2D eigenvalue weighted by Gasteiger charge is -2.36. The van der Waals surface area contributed by atoms with Gasteiger partial charge >= 0.3 is 0 Å². The zero-order valence-corrected chi connectivity index (χ0v) is 11.3. The highest BCUT2D eigenvalue weighted by atomic mass is 19.1. The standard InChI is InChI=1S/C15H23FN2/c1-3-11-4-5-12(9-17-2)14(8-11)13-6-7-18-10-15(13)16/h6-7,10-12,14,17H,3-5,8-9H2,1-2H3. The zero-order valence-electron chi connectivity index (χ0n) is 11.3. The molecule has 0 aromatic carbocycles. The first-order valence-corrected chi connectivity index (χ1v) is 7.00. The van der Waals surface area contributed by atoms with Crippen LogP contribution in [0.15, 0.2) is 18.5 Å². The first-order valence-electron chi connectivity index (χ1n) is 7.00. The number of pyridine rings is 1. The topological polar surface area (TPSA) is 24.9 Å². The molecule has 1 saturated carbocycles. The molecule has 1 aliphatic carbocycles. The fraction of sp³-hybridized carbons (Fsp3) is 0.667. The Balaban J connectivity index is 2.21. The number of nitrogens with zero attached hydrogens (tertiary/aromatic N) is 1. The number of hydrogen-bond acceptors (Lipinski definition) is 2. The van der Waals surface area contributed by atoms with Gasteiger partial charge in [-0.2, -0.15) is 0 Å². The molecule has 1 fully saturated rings. The smallest absolute Gasteiger partial charge is 0.144 e. The van der Waals surface area contributed by atoms with Crippen molar-refractivity contribution < 1.29 is 4.39 Å².